The number of allylic oxidation sites excluding steroid dienone is 1. The number of carbonyl (C=O) groups excluding carboxylic acids is 1. The monoisotopic (exact) mass is 392 g/mol. The van der Waals surface area contributed by atoms with Gasteiger partial charge in [0.2, 0.25) is 10.0 Å². The number of carbonyl (C=O) groups is 1. The van der Waals surface area contributed by atoms with Crippen molar-refractivity contribution in [1.29, 1.82) is 0 Å². The molecule has 28 heavy (non-hydrogen) atoms. The number of rotatable bonds is 4. The number of ether oxygens (including phenoxy) is 1. The fraction of sp³-hybridized carbons (Fsp3) is 0.0476. The summed E-state index contributed by atoms with van der Waals surface area (Å²) in [7, 11) is -3.80. The van der Waals surface area contributed by atoms with Gasteiger partial charge in [0, 0.05) is 34.7 Å². The van der Waals surface area contributed by atoms with E-state index in [0.29, 0.717) is 22.6 Å². The number of benzene rings is 2. The predicted octanol–water partition coefficient (Wildman–Crippen LogP) is 2.97. The minimum Gasteiger partial charge on any atom is -0.456 e. The molecule has 0 aliphatic carbocycles. The normalized spacial score (nSPS) is 16.2. The molecule has 3 aromatic rings. The maximum absolute atomic E-state index is 12.1. The highest BCUT2D eigenvalue weighted by Crippen LogP contribution is 2.45. The molecule has 1 unspecified atom stereocenters. The van der Waals surface area contributed by atoms with E-state index in [2.05, 4.69) is 4.98 Å². The van der Waals surface area contributed by atoms with Crippen LogP contribution in [0.2, 0.25) is 0 Å². The molecule has 0 saturated heterocycles. The van der Waals surface area contributed by atoms with Gasteiger partial charge in [-0.25, -0.2) is 13.6 Å². The summed E-state index contributed by atoms with van der Waals surface area (Å²) in [5.41, 5.74) is 2.82. The highest BCUT2D eigenvalue weighted by atomic mass is 32.2. The summed E-state index contributed by atoms with van der Waals surface area (Å²) >= 11 is 0. The first-order chi connectivity index (χ1) is 13.5. The quantitative estimate of drug-likeness (QED) is 0.688. The van der Waals surface area contributed by atoms with Crippen molar-refractivity contribution in [1.82, 2.24) is 4.98 Å². The van der Waals surface area contributed by atoms with Gasteiger partial charge < -0.3 is 9.53 Å². The second kappa shape index (κ2) is 7.03. The standard InChI is InChI=1S/C21H16N2O4S/c22-28(25,26)16-9-7-14(8-10-16)21-20(15-4-3-11-23-12-15)18(13-24)17-5-1-2-6-19(17)27-21/h1-13,18H,(H2,22,25,26). The van der Waals surface area contributed by atoms with Crippen LogP contribution >= 0.6 is 0 Å². The second-order valence-corrected chi connectivity index (χ2v) is 7.87. The lowest BCUT2D eigenvalue weighted by Crippen LogP contribution is -2.16. The minimum atomic E-state index is -3.80. The Hall–Kier alpha value is -3.29. The van der Waals surface area contributed by atoms with E-state index >= 15 is 0 Å². The van der Waals surface area contributed by atoms with Crippen molar-refractivity contribution in [2.75, 3.05) is 0 Å². The molecule has 0 bridgehead atoms. The average Bonchev–Trinajstić information content (AvgIpc) is 2.72. The zero-order valence-corrected chi connectivity index (χ0v) is 15.5. The van der Waals surface area contributed by atoms with Crippen LogP contribution < -0.4 is 9.88 Å². The first-order valence-corrected chi connectivity index (χ1v) is 10.0. The van der Waals surface area contributed by atoms with E-state index in [1.54, 1.807) is 36.7 Å². The summed E-state index contributed by atoms with van der Waals surface area (Å²) in [6, 6.07) is 17.0. The number of pyridine rings is 1. The van der Waals surface area contributed by atoms with Crippen LogP contribution in [-0.2, 0) is 14.8 Å². The van der Waals surface area contributed by atoms with E-state index in [4.69, 9.17) is 9.88 Å². The number of fused-ring (bicyclic) bond motifs is 1. The topological polar surface area (TPSA) is 99.4 Å². The smallest absolute Gasteiger partial charge is 0.238 e. The van der Waals surface area contributed by atoms with E-state index < -0.39 is 15.9 Å². The number of primary sulfonamides is 1. The van der Waals surface area contributed by atoms with Crippen molar-refractivity contribution >= 4 is 27.6 Å². The molecule has 0 fully saturated rings. The minimum absolute atomic E-state index is 0.00271. The van der Waals surface area contributed by atoms with Crippen LogP contribution in [0, 0.1) is 0 Å². The van der Waals surface area contributed by atoms with E-state index in [0.717, 1.165) is 17.4 Å². The second-order valence-electron chi connectivity index (χ2n) is 6.31. The van der Waals surface area contributed by atoms with Gasteiger partial charge in [-0.1, -0.05) is 24.3 Å². The number of nitrogens with two attached hydrogens (primary N) is 1. The maximum atomic E-state index is 12.1. The Morgan fingerprint density at radius 1 is 0.964 bits per heavy atom. The Labute approximate surface area is 162 Å². The molecular weight excluding hydrogens is 376 g/mol. The molecule has 0 radical (unpaired) electrons. The van der Waals surface area contributed by atoms with Crippen molar-refractivity contribution in [2.24, 2.45) is 5.14 Å². The summed E-state index contributed by atoms with van der Waals surface area (Å²) in [5, 5.41) is 5.18. The Balaban J connectivity index is 1.94. The first-order valence-electron chi connectivity index (χ1n) is 8.49. The molecule has 7 heteroatoms. The lowest BCUT2D eigenvalue weighted by molar-refractivity contribution is -0.108. The summed E-state index contributed by atoms with van der Waals surface area (Å²) in [5.74, 6) is 0.518. The zero-order chi connectivity index (χ0) is 19.7. The Kier molecular flexibility index (Phi) is 4.54. The lowest BCUT2D eigenvalue weighted by atomic mass is 9.84. The molecule has 1 atom stereocenters. The van der Waals surface area contributed by atoms with Gasteiger partial charge in [-0.15, -0.1) is 0 Å². The fourth-order valence-corrected chi connectivity index (χ4v) is 3.79. The van der Waals surface area contributed by atoms with Gasteiger partial charge in [-0.05, 0) is 36.4 Å². The third kappa shape index (κ3) is 3.21. The van der Waals surface area contributed by atoms with Crippen molar-refractivity contribution in [2.45, 2.75) is 10.8 Å². The molecule has 6 nitrogen and oxygen atoms in total. The van der Waals surface area contributed by atoms with Crippen LogP contribution in [0.15, 0.2) is 78.0 Å². The summed E-state index contributed by atoms with van der Waals surface area (Å²) < 4.78 is 29.3. The van der Waals surface area contributed by atoms with Gasteiger partial charge in [0.15, 0.2) is 0 Å². The summed E-state index contributed by atoms with van der Waals surface area (Å²) in [6.45, 7) is 0. The van der Waals surface area contributed by atoms with E-state index in [-0.39, 0.29) is 4.90 Å². The number of nitrogens with zero attached hydrogens (tertiary/aromatic N) is 1. The molecular formula is C21H16N2O4S. The zero-order valence-electron chi connectivity index (χ0n) is 14.6. The molecule has 2 aromatic carbocycles. The van der Waals surface area contributed by atoms with Crippen molar-refractivity contribution in [3.05, 3.63) is 89.7 Å². The Morgan fingerprint density at radius 2 is 1.71 bits per heavy atom. The number of hydrogen-bond acceptors (Lipinski definition) is 5. The SMILES string of the molecule is NS(=O)(=O)c1ccc(C2=C(c3cccnc3)C(C=O)c3ccccc3O2)cc1. The number of aldehydes is 1. The van der Waals surface area contributed by atoms with E-state index in [1.165, 1.54) is 12.1 Å². The van der Waals surface area contributed by atoms with Crippen LogP contribution in [0.5, 0.6) is 5.75 Å². The first kappa shape index (κ1) is 18.1. The van der Waals surface area contributed by atoms with Gasteiger partial charge in [-0.3, -0.25) is 4.98 Å². The van der Waals surface area contributed by atoms with Gasteiger partial charge in [0.05, 0.1) is 10.8 Å². The molecule has 1 aliphatic heterocycles. The van der Waals surface area contributed by atoms with E-state index in [1.807, 2.05) is 24.3 Å². The van der Waals surface area contributed by atoms with Crippen LogP contribution in [0.4, 0.5) is 0 Å². The van der Waals surface area contributed by atoms with Crippen LogP contribution in [0.1, 0.15) is 22.6 Å². The number of aromatic nitrogens is 1. The Bertz CT molecular complexity index is 1170. The summed E-state index contributed by atoms with van der Waals surface area (Å²) in [4.78, 5) is 16.2. The Morgan fingerprint density at radius 3 is 2.36 bits per heavy atom. The largest absolute Gasteiger partial charge is 0.456 e. The molecule has 140 valence electrons. The molecule has 2 N–H and O–H groups in total. The molecule has 0 saturated carbocycles. The molecule has 1 aliphatic rings. The molecule has 0 spiro atoms. The number of hydrogen-bond donors (Lipinski definition) is 1. The highest BCUT2D eigenvalue weighted by Gasteiger charge is 2.31. The van der Waals surface area contributed by atoms with Gasteiger partial charge in [0.1, 0.15) is 17.8 Å². The molecule has 0 amide bonds. The van der Waals surface area contributed by atoms with Gasteiger partial charge >= 0.3 is 0 Å². The van der Waals surface area contributed by atoms with Crippen molar-refractivity contribution in [3.63, 3.8) is 0 Å². The lowest BCUT2D eigenvalue weighted by Gasteiger charge is -2.28. The third-order valence-corrected chi connectivity index (χ3v) is 5.50. The number of sulfonamides is 1. The molecule has 2 heterocycles. The van der Waals surface area contributed by atoms with Crippen molar-refractivity contribution < 1.29 is 17.9 Å². The molecule has 1 aromatic heterocycles. The fourth-order valence-electron chi connectivity index (χ4n) is 3.28. The summed E-state index contributed by atoms with van der Waals surface area (Å²) in [6.07, 6.45) is 4.20. The average molecular weight is 392 g/mol. The van der Waals surface area contributed by atoms with Crippen LogP contribution in [0.3, 0.4) is 0 Å². The van der Waals surface area contributed by atoms with Gasteiger partial charge in [0.25, 0.3) is 0 Å². The van der Waals surface area contributed by atoms with Crippen molar-refractivity contribution in [3.8, 4) is 5.75 Å². The van der Waals surface area contributed by atoms with Crippen LogP contribution in [0.25, 0.3) is 11.3 Å². The molecule has 4 rings (SSSR count). The third-order valence-electron chi connectivity index (χ3n) is 4.58. The van der Waals surface area contributed by atoms with Crippen LogP contribution in [-0.4, -0.2) is 19.7 Å². The van der Waals surface area contributed by atoms with E-state index in [9.17, 15) is 13.2 Å². The number of para-hydroxylation sites is 1. The van der Waals surface area contributed by atoms with Gasteiger partial charge in [-0.2, -0.15) is 0 Å². The maximum Gasteiger partial charge on any atom is 0.238 e. The highest BCUT2D eigenvalue weighted by molar-refractivity contribution is 7.89. The predicted molar refractivity (Wildman–Crippen MR) is 105 cm³/mol.